The average molecular weight is 222 g/mol. The fraction of sp³-hybridized carbons (Fsp3) is 0.200. The van der Waals surface area contributed by atoms with E-state index < -0.39 is 5.91 Å². The molecule has 0 saturated heterocycles. The summed E-state index contributed by atoms with van der Waals surface area (Å²) in [6, 6.07) is 4.97. The van der Waals surface area contributed by atoms with Gasteiger partial charge in [0.25, 0.3) is 5.91 Å². The van der Waals surface area contributed by atoms with Crippen molar-refractivity contribution < 1.29 is 9.59 Å². The van der Waals surface area contributed by atoms with Gasteiger partial charge in [0.15, 0.2) is 0 Å². The second-order valence-electron chi connectivity index (χ2n) is 3.32. The van der Waals surface area contributed by atoms with Crippen molar-refractivity contribution in [3.8, 4) is 0 Å². The Morgan fingerprint density at radius 1 is 1.38 bits per heavy atom. The minimum absolute atomic E-state index is 0.172. The Labute approximate surface area is 93.0 Å². The molecule has 6 N–H and O–H groups in total. The second kappa shape index (κ2) is 5.13. The lowest BCUT2D eigenvalue weighted by molar-refractivity contribution is -0.117. The number of carbonyl (C=O) groups is 2. The third-order valence-electron chi connectivity index (χ3n) is 2.07. The van der Waals surface area contributed by atoms with Crippen molar-refractivity contribution in [2.45, 2.75) is 6.92 Å². The number of nitrogens with one attached hydrogen (secondary N) is 2. The fourth-order valence-corrected chi connectivity index (χ4v) is 1.24. The van der Waals surface area contributed by atoms with Crippen molar-refractivity contribution in [2.75, 3.05) is 12.0 Å². The maximum Gasteiger partial charge on any atom is 0.251 e. The molecule has 6 nitrogen and oxygen atoms in total. The van der Waals surface area contributed by atoms with Gasteiger partial charge in [-0.25, -0.2) is 0 Å². The summed E-state index contributed by atoms with van der Waals surface area (Å²) in [4.78, 5) is 22.0. The predicted molar refractivity (Wildman–Crippen MR) is 60.5 cm³/mol. The van der Waals surface area contributed by atoms with E-state index in [4.69, 9.17) is 11.6 Å². The molecule has 1 aromatic rings. The van der Waals surface area contributed by atoms with Gasteiger partial charge >= 0.3 is 0 Å². The van der Waals surface area contributed by atoms with Gasteiger partial charge in [-0.05, 0) is 30.7 Å². The Bertz CT molecular complexity index is 417. The molecule has 0 aromatic heterocycles. The van der Waals surface area contributed by atoms with Crippen LogP contribution < -0.4 is 22.3 Å². The van der Waals surface area contributed by atoms with Crippen molar-refractivity contribution >= 4 is 17.5 Å². The summed E-state index contributed by atoms with van der Waals surface area (Å²) in [5.41, 5.74) is 9.46. The first kappa shape index (κ1) is 12.0. The van der Waals surface area contributed by atoms with Crippen LogP contribution in [-0.2, 0) is 4.79 Å². The summed E-state index contributed by atoms with van der Waals surface area (Å²) in [6.07, 6.45) is 0. The van der Waals surface area contributed by atoms with Crippen LogP contribution in [0.25, 0.3) is 0 Å². The van der Waals surface area contributed by atoms with Gasteiger partial charge in [-0.1, -0.05) is 0 Å². The van der Waals surface area contributed by atoms with E-state index in [2.05, 4.69) is 10.7 Å². The highest BCUT2D eigenvalue weighted by Crippen LogP contribution is 2.14. The van der Waals surface area contributed by atoms with Gasteiger partial charge < -0.3 is 16.5 Å². The number of carbonyl (C=O) groups excluding carboxylic acids is 2. The molecular formula is C10H14N4O2. The third-order valence-corrected chi connectivity index (χ3v) is 2.07. The number of nitrogens with two attached hydrogens (primary N) is 2. The Morgan fingerprint density at radius 3 is 2.56 bits per heavy atom. The van der Waals surface area contributed by atoms with Crippen molar-refractivity contribution in [3.05, 3.63) is 29.3 Å². The first-order valence-electron chi connectivity index (χ1n) is 4.68. The minimum Gasteiger partial charge on any atom is -0.368 e. The summed E-state index contributed by atoms with van der Waals surface area (Å²) in [5.74, 6) is 4.34. The number of hydrogen-bond acceptors (Lipinski definition) is 4. The van der Waals surface area contributed by atoms with Crippen LogP contribution in [0.3, 0.4) is 0 Å². The van der Waals surface area contributed by atoms with Crippen LogP contribution >= 0.6 is 0 Å². The molecule has 1 rings (SSSR count). The second-order valence-corrected chi connectivity index (χ2v) is 3.32. The molecule has 0 fully saturated rings. The summed E-state index contributed by atoms with van der Waals surface area (Å²) < 4.78 is 0. The largest absolute Gasteiger partial charge is 0.368 e. The molecule has 0 unspecified atom stereocenters. The monoisotopic (exact) mass is 222 g/mol. The van der Waals surface area contributed by atoms with E-state index in [-0.39, 0.29) is 12.5 Å². The average Bonchev–Trinajstić information content (AvgIpc) is 2.25. The zero-order chi connectivity index (χ0) is 12.1. The number of benzene rings is 1. The molecular weight excluding hydrogens is 208 g/mol. The summed E-state index contributed by atoms with van der Waals surface area (Å²) >= 11 is 0. The van der Waals surface area contributed by atoms with E-state index >= 15 is 0 Å². The van der Waals surface area contributed by atoms with Crippen LogP contribution in [0, 0.1) is 6.92 Å². The van der Waals surface area contributed by atoms with E-state index in [0.717, 1.165) is 11.3 Å². The maximum atomic E-state index is 11.5. The highest BCUT2D eigenvalue weighted by atomic mass is 16.2. The van der Waals surface area contributed by atoms with E-state index in [9.17, 15) is 9.59 Å². The van der Waals surface area contributed by atoms with Gasteiger partial charge in [-0.2, -0.15) is 0 Å². The lowest BCUT2D eigenvalue weighted by Gasteiger charge is -2.07. The molecule has 6 heteroatoms. The normalized spacial score (nSPS) is 9.62. The molecule has 0 aliphatic rings. The Morgan fingerprint density at radius 2 is 2.06 bits per heavy atom. The van der Waals surface area contributed by atoms with Gasteiger partial charge in [-0.3, -0.25) is 15.4 Å². The number of hydrazine groups is 1. The standard InChI is InChI=1S/C10H14N4O2/c1-6-4-7(2-3-8(6)14-12)10(16)13-5-9(11)15/h2-4,14H,5,12H2,1H3,(H2,11,15)(H,13,16). The molecule has 16 heavy (non-hydrogen) atoms. The lowest BCUT2D eigenvalue weighted by Crippen LogP contribution is -2.33. The third kappa shape index (κ3) is 2.96. The Hall–Kier alpha value is -2.08. The first-order valence-corrected chi connectivity index (χ1v) is 4.68. The van der Waals surface area contributed by atoms with Gasteiger partial charge in [0.2, 0.25) is 5.91 Å². The minimum atomic E-state index is -0.578. The topological polar surface area (TPSA) is 110 Å². The van der Waals surface area contributed by atoms with Crippen LogP contribution in [0.4, 0.5) is 5.69 Å². The molecule has 0 atom stereocenters. The van der Waals surface area contributed by atoms with Crippen molar-refractivity contribution in [3.63, 3.8) is 0 Å². The highest BCUT2D eigenvalue weighted by molar-refractivity contribution is 5.96. The molecule has 2 amide bonds. The van der Waals surface area contributed by atoms with Crippen LogP contribution in [0.5, 0.6) is 0 Å². The first-order chi connectivity index (χ1) is 7.54. The predicted octanol–water partition coefficient (Wildman–Crippen LogP) is -0.504. The smallest absolute Gasteiger partial charge is 0.251 e. The lowest BCUT2D eigenvalue weighted by atomic mass is 10.1. The van der Waals surface area contributed by atoms with E-state index in [1.54, 1.807) is 18.2 Å². The molecule has 0 spiro atoms. The maximum absolute atomic E-state index is 11.5. The zero-order valence-corrected chi connectivity index (χ0v) is 8.91. The number of aryl methyl sites for hydroxylation is 1. The van der Waals surface area contributed by atoms with Crippen LogP contribution in [0.1, 0.15) is 15.9 Å². The summed E-state index contributed by atoms with van der Waals surface area (Å²) in [7, 11) is 0. The van der Waals surface area contributed by atoms with E-state index in [0.29, 0.717) is 5.56 Å². The number of rotatable bonds is 4. The quantitative estimate of drug-likeness (QED) is 0.406. The molecule has 0 aliphatic heterocycles. The number of amides is 2. The number of anilines is 1. The van der Waals surface area contributed by atoms with E-state index in [1.807, 2.05) is 6.92 Å². The molecule has 0 heterocycles. The number of nitrogen functional groups attached to an aromatic ring is 1. The van der Waals surface area contributed by atoms with Crippen molar-refractivity contribution in [1.82, 2.24) is 5.32 Å². The Kier molecular flexibility index (Phi) is 3.84. The molecule has 1 aromatic carbocycles. The van der Waals surface area contributed by atoms with Gasteiger partial charge in [-0.15, -0.1) is 0 Å². The SMILES string of the molecule is Cc1cc(C(=O)NCC(N)=O)ccc1NN. The van der Waals surface area contributed by atoms with Crippen LogP contribution in [0.2, 0.25) is 0 Å². The molecule has 0 aliphatic carbocycles. The zero-order valence-electron chi connectivity index (χ0n) is 8.91. The number of primary amides is 1. The highest BCUT2D eigenvalue weighted by Gasteiger charge is 2.07. The molecule has 0 bridgehead atoms. The number of hydrogen-bond donors (Lipinski definition) is 4. The van der Waals surface area contributed by atoms with E-state index in [1.165, 1.54) is 0 Å². The van der Waals surface area contributed by atoms with Gasteiger partial charge in [0.05, 0.1) is 12.2 Å². The van der Waals surface area contributed by atoms with Crippen molar-refractivity contribution in [1.29, 1.82) is 0 Å². The molecule has 86 valence electrons. The molecule has 0 saturated carbocycles. The van der Waals surface area contributed by atoms with Crippen LogP contribution in [0.15, 0.2) is 18.2 Å². The van der Waals surface area contributed by atoms with Crippen LogP contribution in [-0.4, -0.2) is 18.4 Å². The van der Waals surface area contributed by atoms with Gasteiger partial charge in [0, 0.05) is 5.56 Å². The summed E-state index contributed by atoms with van der Waals surface area (Å²) in [6.45, 7) is 1.65. The van der Waals surface area contributed by atoms with Gasteiger partial charge in [0.1, 0.15) is 0 Å². The molecule has 0 radical (unpaired) electrons. The van der Waals surface area contributed by atoms with Crippen molar-refractivity contribution in [2.24, 2.45) is 11.6 Å². The Balaban J connectivity index is 2.77. The fourth-order valence-electron chi connectivity index (χ4n) is 1.24. The summed E-state index contributed by atoms with van der Waals surface area (Å²) in [5, 5.41) is 2.40.